The summed E-state index contributed by atoms with van der Waals surface area (Å²) in [4.78, 5) is 0. The van der Waals surface area contributed by atoms with Crippen molar-refractivity contribution in [1.29, 1.82) is 0 Å². The third kappa shape index (κ3) is 2.68. The second kappa shape index (κ2) is 5.16. The summed E-state index contributed by atoms with van der Waals surface area (Å²) in [5, 5.41) is 4.36. The summed E-state index contributed by atoms with van der Waals surface area (Å²) in [5.74, 6) is 6.17. The van der Waals surface area contributed by atoms with E-state index in [1.807, 2.05) is 18.7 Å². The van der Waals surface area contributed by atoms with Crippen molar-refractivity contribution in [3.8, 4) is 0 Å². The van der Waals surface area contributed by atoms with Crippen molar-refractivity contribution < 1.29 is 4.74 Å². The molecule has 17 heavy (non-hydrogen) atoms. The van der Waals surface area contributed by atoms with E-state index in [2.05, 4.69) is 23.5 Å². The molecule has 1 fully saturated rings. The topological polar surface area (TPSA) is 65.1 Å². The van der Waals surface area contributed by atoms with Crippen molar-refractivity contribution in [2.24, 2.45) is 18.8 Å². The highest BCUT2D eigenvalue weighted by molar-refractivity contribution is 5.10. The van der Waals surface area contributed by atoms with Crippen LogP contribution in [0.1, 0.15) is 24.7 Å². The van der Waals surface area contributed by atoms with Crippen LogP contribution < -0.4 is 11.3 Å². The Kier molecular flexibility index (Phi) is 3.81. The highest BCUT2D eigenvalue weighted by Gasteiger charge is 2.31. The van der Waals surface area contributed by atoms with Gasteiger partial charge >= 0.3 is 0 Å². The molecule has 3 N–H and O–H groups in total. The Hall–Kier alpha value is -0.910. The predicted molar refractivity (Wildman–Crippen MR) is 66.3 cm³/mol. The van der Waals surface area contributed by atoms with Gasteiger partial charge in [0.1, 0.15) is 0 Å². The summed E-state index contributed by atoms with van der Waals surface area (Å²) < 4.78 is 7.53. The van der Waals surface area contributed by atoms with Crippen LogP contribution in [-0.4, -0.2) is 28.5 Å². The van der Waals surface area contributed by atoms with Gasteiger partial charge < -0.3 is 4.74 Å². The highest BCUT2D eigenvalue weighted by Crippen LogP contribution is 2.25. The molecule has 0 saturated carbocycles. The quantitative estimate of drug-likeness (QED) is 0.593. The van der Waals surface area contributed by atoms with Gasteiger partial charge in [-0.25, -0.2) is 0 Å². The fourth-order valence-corrected chi connectivity index (χ4v) is 2.69. The molecule has 2 rings (SSSR count). The van der Waals surface area contributed by atoms with Crippen LogP contribution in [0.3, 0.4) is 0 Å². The normalized spacial score (nSPS) is 26.4. The van der Waals surface area contributed by atoms with Gasteiger partial charge in [-0.15, -0.1) is 0 Å². The van der Waals surface area contributed by atoms with Gasteiger partial charge in [-0.3, -0.25) is 16.0 Å². The van der Waals surface area contributed by atoms with E-state index in [-0.39, 0.29) is 12.1 Å². The molecule has 1 aromatic rings. The third-order valence-electron chi connectivity index (χ3n) is 3.69. The van der Waals surface area contributed by atoms with Gasteiger partial charge in [0.25, 0.3) is 0 Å². The lowest BCUT2D eigenvalue weighted by atomic mass is 9.90. The van der Waals surface area contributed by atoms with Crippen LogP contribution >= 0.6 is 0 Å². The summed E-state index contributed by atoms with van der Waals surface area (Å²) in [7, 11) is 1.98. The number of ether oxygens (including phenoxy) is 1. The van der Waals surface area contributed by atoms with E-state index in [1.165, 1.54) is 5.69 Å². The molecular formula is C12H22N4O. The van der Waals surface area contributed by atoms with Crippen LogP contribution in [0.15, 0.2) is 6.07 Å². The average Bonchev–Trinajstić information content (AvgIpc) is 2.82. The fraction of sp³-hybridized carbons (Fsp3) is 0.750. The molecule has 1 aliphatic rings. The lowest BCUT2D eigenvalue weighted by Crippen LogP contribution is -2.45. The number of nitrogens with two attached hydrogens (primary N) is 1. The van der Waals surface area contributed by atoms with Crippen molar-refractivity contribution in [3.63, 3.8) is 0 Å². The molecule has 0 aliphatic carbocycles. The number of nitrogens with zero attached hydrogens (tertiary/aromatic N) is 2. The van der Waals surface area contributed by atoms with E-state index < -0.39 is 0 Å². The molecule has 0 spiro atoms. The van der Waals surface area contributed by atoms with Crippen molar-refractivity contribution in [3.05, 3.63) is 17.5 Å². The Morgan fingerprint density at radius 1 is 1.71 bits per heavy atom. The maximum absolute atomic E-state index is 5.68. The van der Waals surface area contributed by atoms with Crippen LogP contribution in [0, 0.1) is 12.8 Å². The van der Waals surface area contributed by atoms with Crippen molar-refractivity contribution in [2.45, 2.75) is 38.8 Å². The molecule has 0 bridgehead atoms. The number of nitrogens with one attached hydrogen (secondary N) is 1. The summed E-state index contributed by atoms with van der Waals surface area (Å²) in [6.45, 7) is 4.97. The van der Waals surface area contributed by atoms with E-state index in [9.17, 15) is 0 Å². The monoisotopic (exact) mass is 238 g/mol. The minimum Gasteiger partial charge on any atom is -0.378 e. The molecule has 3 atom stereocenters. The molecule has 1 aliphatic heterocycles. The number of aryl methyl sites for hydroxylation is 2. The zero-order valence-electron chi connectivity index (χ0n) is 10.8. The molecule has 0 radical (unpaired) electrons. The van der Waals surface area contributed by atoms with Gasteiger partial charge in [-0.05, 0) is 26.3 Å². The summed E-state index contributed by atoms with van der Waals surface area (Å²) in [5.41, 5.74) is 5.20. The average molecular weight is 238 g/mol. The first-order valence-corrected chi connectivity index (χ1v) is 6.19. The third-order valence-corrected chi connectivity index (χ3v) is 3.69. The Balaban J connectivity index is 2.07. The maximum atomic E-state index is 5.68. The smallest absolute Gasteiger partial charge is 0.0596 e. The minimum atomic E-state index is 0.252. The lowest BCUT2D eigenvalue weighted by Gasteiger charge is -2.25. The molecule has 3 unspecified atom stereocenters. The van der Waals surface area contributed by atoms with Gasteiger partial charge in [-0.2, -0.15) is 5.10 Å². The molecular weight excluding hydrogens is 216 g/mol. The van der Waals surface area contributed by atoms with Gasteiger partial charge in [-0.1, -0.05) is 0 Å². The van der Waals surface area contributed by atoms with Gasteiger partial charge in [0, 0.05) is 37.7 Å². The second-order valence-corrected chi connectivity index (χ2v) is 4.91. The number of hydrazine groups is 1. The van der Waals surface area contributed by atoms with E-state index in [0.29, 0.717) is 5.92 Å². The maximum Gasteiger partial charge on any atom is 0.0596 e. The number of hydrogen-bond donors (Lipinski definition) is 2. The molecule has 2 heterocycles. The van der Waals surface area contributed by atoms with Gasteiger partial charge in [0.2, 0.25) is 0 Å². The number of hydrogen-bond acceptors (Lipinski definition) is 4. The van der Waals surface area contributed by atoms with Crippen LogP contribution in [0.5, 0.6) is 0 Å². The SMILES string of the molecule is Cc1cc(CC(NN)C2CCOC2C)n(C)n1. The first-order valence-electron chi connectivity index (χ1n) is 6.19. The summed E-state index contributed by atoms with van der Waals surface area (Å²) >= 11 is 0. The largest absolute Gasteiger partial charge is 0.378 e. The van der Waals surface area contributed by atoms with Crippen LogP contribution in [-0.2, 0) is 18.2 Å². The molecule has 5 nitrogen and oxygen atoms in total. The Labute approximate surface area is 102 Å². The standard InChI is InChI=1S/C12H22N4O/c1-8-6-10(16(3)15-8)7-12(14-13)11-4-5-17-9(11)2/h6,9,11-12,14H,4-5,7,13H2,1-3H3. The molecule has 1 aromatic heterocycles. The summed E-state index contributed by atoms with van der Waals surface area (Å²) in [6, 6.07) is 2.37. The van der Waals surface area contributed by atoms with Crippen molar-refractivity contribution in [1.82, 2.24) is 15.2 Å². The van der Waals surface area contributed by atoms with E-state index in [4.69, 9.17) is 10.6 Å². The Bertz CT molecular complexity index is 377. The zero-order valence-corrected chi connectivity index (χ0v) is 10.8. The molecule has 0 amide bonds. The second-order valence-electron chi connectivity index (χ2n) is 4.91. The predicted octanol–water partition coefficient (Wildman–Crippen LogP) is 0.528. The van der Waals surface area contributed by atoms with Gasteiger partial charge in [0.05, 0.1) is 11.8 Å². The molecule has 5 heteroatoms. The molecule has 1 saturated heterocycles. The van der Waals surface area contributed by atoms with E-state index in [1.54, 1.807) is 0 Å². The first-order chi connectivity index (χ1) is 8.11. The fourth-order valence-electron chi connectivity index (χ4n) is 2.69. The van der Waals surface area contributed by atoms with Crippen LogP contribution in [0.25, 0.3) is 0 Å². The van der Waals surface area contributed by atoms with Crippen molar-refractivity contribution in [2.75, 3.05) is 6.61 Å². The summed E-state index contributed by atoms with van der Waals surface area (Å²) in [6.07, 6.45) is 2.25. The van der Waals surface area contributed by atoms with Crippen molar-refractivity contribution >= 4 is 0 Å². The zero-order chi connectivity index (χ0) is 12.4. The molecule has 0 aromatic carbocycles. The van der Waals surface area contributed by atoms with E-state index in [0.717, 1.165) is 25.1 Å². The number of rotatable bonds is 4. The van der Waals surface area contributed by atoms with Gasteiger partial charge in [0.15, 0.2) is 0 Å². The number of aromatic nitrogens is 2. The van der Waals surface area contributed by atoms with Crippen LogP contribution in [0.2, 0.25) is 0 Å². The van der Waals surface area contributed by atoms with E-state index >= 15 is 0 Å². The minimum absolute atomic E-state index is 0.252. The Morgan fingerprint density at radius 2 is 2.47 bits per heavy atom. The molecule has 96 valence electrons. The van der Waals surface area contributed by atoms with Crippen LogP contribution in [0.4, 0.5) is 0 Å². The highest BCUT2D eigenvalue weighted by atomic mass is 16.5. The lowest BCUT2D eigenvalue weighted by molar-refractivity contribution is 0.0951. The first kappa shape index (κ1) is 12.5. The Morgan fingerprint density at radius 3 is 2.94 bits per heavy atom.